The second-order valence-electron chi connectivity index (χ2n) is 3.22. The Labute approximate surface area is 102 Å². The number of benzene rings is 2. The second-order valence-corrected chi connectivity index (χ2v) is 4.38. The van der Waals surface area contributed by atoms with Gasteiger partial charge in [0.1, 0.15) is 6.29 Å². The van der Waals surface area contributed by atoms with Crippen molar-refractivity contribution in [3.05, 3.63) is 57.7 Å². The minimum atomic E-state index is 0.713. The number of hydrogen-bond acceptors (Lipinski definition) is 1. The SMILES string of the molecule is O=Cc1ccc(-c2ccccc2I)cc1. The lowest BCUT2D eigenvalue weighted by molar-refractivity contribution is 0.112. The van der Waals surface area contributed by atoms with Gasteiger partial charge in [-0.25, -0.2) is 0 Å². The van der Waals surface area contributed by atoms with Crippen LogP contribution in [0.5, 0.6) is 0 Å². The summed E-state index contributed by atoms with van der Waals surface area (Å²) in [5, 5.41) is 0. The fourth-order valence-corrected chi connectivity index (χ4v) is 2.14. The Kier molecular flexibility index (Phi) is 3.16. The van der Waals surface area contributed by atoms with Crippen molar-refractivity contribution in [2.75, 3.05) is 0 Å². The Morgan fingerprint density at radius 3 is 2.20 bits per heavy atom. The molecule has 0 radical (unpaired) electrons. The van der Waals surface area contributed by atoms with Gasteiger partial charge < -0.3 is 0 Å². The number of halogens is 1. The Morgan fingerprint density at radius 1 is 0.933 bits per heavy atom. The summed E-state index contributed by atoms with van der Waals surface area (Å²) in [5.41, 5.74) is 3.06. The van der Waals surface area contributed by atoms with Crippen molar-refractivity contribution >= 4 is 28.9 Å². The van der Waals surface area contributed by atoms with Crippen molar-refractivity contribution in [2.24, 2.45) is 0 Å². The molecule has 2 rings (SSSR count). The molecule has 0 amide bonds. The molecule has 2 heteroatoms. The summed E-state index contributed by atoms with van der Waals surface area (Å²) < 4.78 is 1.22. The van der Waals surface area contributed by atoms with Crippen molar-refractivity contribution < 1.29 is 4.79 Å². The van der Waals surface area contributed by atoms with E-state index in [2.05, 4.69) is 34.7 Å². The fraction of sp³-hybridized carbons (Fsp3) is 0. The van der Waals surface area contributed by atoms with E-state index in [1.807, 2.05) is 36.4 Å². The molecular weight excluding hydrogens is 299 g/mol. The first kappa shape index (κ1) is 10.4. The van der Waals surface area contributed by atoms with Gasteiger partial charge in [0.2, 0.25) is 0 Å². The van der Waals surface area contributed by atoms with E-state index in [1.54, 1.807) is 0 Å². The third kappa shape index (κ3) is 2.26. The number of carbonyl (C=O) groups is 1. The highest BCUT2D eigenvalue weighted by Crippen LogP contribution is 2.24. The molecule has 0 fully saturated rings. The molecule has 0 unspecified atom stereocenters. The van der Waals surface area contributed by atoms with Gasteiger partial charge in [-0.2, -0.15) is 0 Å². The average Bonchev–Trinajstić information content (AvgIpc) is 2.30. The highest BCUT2D eigenvalue weighted by Gasteiger charge is 2.01. The monoisotopic (exact) mass is 308 g/mol. The Balaban J connectivity index is 2.46. The summed E-state index contributed by atoms with van der Waals surface area (Å²) in [4.78, 5) is 10.5. The molecule has 0 saturated carbocycles. The predicted octanol–water partition coefficient (Wildman–Crippen LogP) is 3.77. The number of carbonyl (C=O) groups excluding carboxylic acids is 1. The molecule has 0 N–H and O–H groups in total. The van der Waals surface area contributed by atoms with Gasteiger partial charge in [0.25, 0.3) is 0 Å². The number of aldehydes is 1. The quantitative estimate of drug-likeness (QED) is 0.610. The fourth-order valence-electron chi connectivity index (χ4n) is 1.44. The van der Waals surface area contributed by atoms with E-state index < -0.39 is 0 Å². The van der Waals surface area contributed by atoms with Crippen LogP contribution in [0.1, 0.15) is 10.4 Å². The van der Waals surface area contributed by atoms with Crippen LogP contribution in [0.4, 0.5) is 0 Å². The third-order valence-electron chi connectivity index (χ3n) is 2.23. The van der Waals surface area contributed by atoms with Gasteiger partial charge in [-0.05, 0) is 39.8 Å². The minimum absolute atomic E-state index is 0.713. The molecule has 15 heavy (non-hydrogen) atoms. The van der Waals surface area contributed by atoms with Crippen molar-refractivity contribution in [2.45, 2.75) is 0 Å². The first-order valence-electron chi connectivity index (χ1n) is 4.61. The predicted molar refractivity (Wildman–Crippen MR) is 70.0 cm³/mol. The van der Waals surface area contributed by atoms with Crippen LogP contribution in [-0.2, 0) is 0 Å². The zero-order valence-corrected chi connectivity index (χ0v) is 10.1. The second kappa shape index (κ2) is 4.57. The summed E-state index contributed by atoms with van der Waals surface area (Å²) in [6, 6.07) is 15.8. The van der Waals surface area contributed by atoms with Gasteiger partial charge in [0, 0.05) is 9.13 Å². The van der Waals surface area contributed by atoms with Crippen molar-refractivity contribution in [1.82, 2.24) is 0 Å². The summed E-state index contributed by atoms with van der Waals surface area (Å²) in [6.45, 7) is 0. The molecule has 0 aliphatic heterocycles. The maximum Gasteiger partial charge on any atom is 0.150 e. The van der Waals surface area contributed by atoms with Gasteiger partial charge >= 0.3 is 0 Å². The average molecular weight is 308 g/mol. The van der Waals surface area contributed by atoms with E-state index in [4.69, 9.17) is 0 Å². The first-order valence-corrected chi connectivity index (χ1v) is 5.69. The van der Waals surface area contributed by atoms with Crippen LogP contribution in [0.15, 0.2) is 48.5 Å². The molecule has 2 aromatic rings. The van der Waals surface area contributed by atoms with E-state index in [-0.39, 0.29) is 0 Å². The molecule has 0 bridgehead atoms. The highest BCUT2D eigenvalue weighted by molar-refractivity contribution is 14.1. The molecule has 74 valence electrons. The van der Waals surface area contributed by atoms with Gasteiger partial charge in [0.15, 0.2) is 0 Å². The van der Waals surface area contributed by atoms with Crippen molar-refractivity contribution in [3.63, 3.8) is 0 Å². The highest BCUT2D eigenvalue weighted by atomic mass is 127. The summed E-state index contributed by atoms with van der Waals surface area (Å²) in [7, 11) is 0. The maximum absolute atomic E-state index is 10.5. The summed E-state index contributed by atoms with van der Waals surface area (Å²) >= 11 is 2.31. The molecule has 0 aromatic heterocycles. The van der Waals surface area contributed by atoms with Crippen LogP contribution in [0.2, 0.25) is 0 Å². The van der Waals surface area contributed by atoms with E-state index in [0.717, 1.165) is 11.8 Å². The van der Waals surface area contributed by atoms with Crippen LogP contribution >= 0.6 is 22.6 Å². The first-order chi connectivity index (χ1) is 7.31. The molecule has 1 nitrogen and oxygen atoms in total. The molecule has 0 atom stereocenters. The maximum atomic E-state index is 10.5. The van der Waals surface area contributed by atoms with Crippen LogP contribution < -0.4 is 0 Å². The van der Waals surface area contributed by atoms with E-state index in [0.29, 0.717) is 5.56 Å². The third-order valence-corrected chi connectivity index (χ3v) is 3.17. The van der Waals surface area contributed by atoms with E-state index >= 15 is 0 Å². The Morgan fingerprint density at radius 2 is 1.60 bits per heavy atom. The van der Waals surface area contributed by atoms with Gasteiger partial charge in [-0.3, -0.25) is 4.79 Å². The lowest BCUT2D eigenvalue weighted by Crippen LogP contribution is -1.83. The van der Waals surface area contributed by atoms with Crippen LogP contribution in [-0.4, -0.2) is 6.29 Å². The Hall–Kier alpha value is -1.16. The van der Waals surface area contributed by atoms with Crippen LogP contribution in [0, 0.1) is 3.57 Å². The van der Waals surface area contributed by atoms with Crippen molar-refractivity contribution in [1.29, 1.82) is 0 Å². The Bertz CT molecular complexity index is 474. The normalized spacial score (nSPS) is 9.93. The van der Waals surface area contributed by atoms with E-state index in [1.165, 1.54) is 9.13 Å². The molecular formula is C13H9IO. The lowest BCUT2D eigenvalue weighted by atomic mass is 10.0. The van der Waals surface area contributed by atoms with E-state index in [9.17, 15) is 4.79 Å². The summed E-state index contributed by atoms with van der Waals surface area (Å²) in [5.74, 6) is 0. The van der Waals surface area contributed by atoms with Gasteiger partial charge in [-0.1, -0.05) is 42.5 Å². The number of rotatable bonds is 2. The van der Waals surface area contributed by atoms with Gasteiger partial charge in [0.05, 0.1) is 0 Å². The molecule has 0 spiro atoms. The smallest absolute Gasteiger partial charge is 0.150 e. The van der Waals surface area contributed by atoms with Gasteiger partial charge in [-0.15, -0.1) is 0 Å². The molecule has 0 aliphatic carbocycles. The molecule has 0 heterocycles. The zero-order chi connectivity index (χ0) is 10.7. The standard InChI is InChI=1S/C13H9IO/c14-13-4-2-1-3-12(13)11-7-5-10(9-15)6-8-11/h1-9H. The van der Waals surface area contributed by atoms with Crippen molar-refractivity contribution in [3.8, 4) is 11.1 Å². The number of hydrogen-bond donors (Lipinski definition) is 0. The molecule has 0 aliphatic rings. The van der Waals surface area contributed by atoms with Crippen LogP contribution in [0.3, 0.4) is 0 Å². The zero-order valence-electron chi connectivity index (χ0n) is 7.98. The lowest BCUT2D eigenvalue weighted by Gasteiger charge is -2.04. The summed E-state index contributed by atoms with van der Waals surface area (Å²) in [6.07, 6.45) is 0.861. The molecule has 2 aromatic carbocycles. The largest absolute Gasteiger partial charge is 0.298 e. The minimum Gasteiger partial charge on any atom is -0.298 e. The molecule has 0 saturated heterocycles. The topological polar surface area (TPSA) is 17.1 Å². The van der Waals surface area contributed by atoms with Crippen LogP contribution in [0.25, 0.3) is 11.1 Å².